The molecule has 1 aromatic heterocycles. The van der Waals surface area contributed by atoms with Crippen LogP contribution >= 0.6 is 21.6 Å². The molecule has 1 aliphatic rings. The van der Waals surface area contributed by atoms with Crippen LogP contribution in [0.2, 0.25) is 0 Å². The highest BCUT2D eigenvalue weighted by Gasteiger charge is 2.32. The summed E-state index contributed by atoms with van der Waals surface area (Å²) in [6.45, 7) is 0. The molecule has 0 N–H and O–H groups in total. The maximum absolute atomic E-state index is 11.5. The molecule has 0 atom stereocenters. The quantitative estimate of drug-likeness (QED) is 0.451. The largest absolute Gasteiger partial charge is 0.334 e. The summed E-state index contributed by atoms with van der Waals surface area (Å²) in [6, 6.07) is 5.59. The van der Waals surface area contributed by atoms with Crippen LogP contribution in [0.3, 0.4) is 0 Å². The normalized spacial score (nSPS) is 14.0. The molecular weight excluding hydrogens is 312 g/mol. The van der Waals surface area contributed by atoms with E-state index in [2.05, 4.69) is 4.98 Å². The van der Waals surface area contributed by atoms with Gasteiger partial charge in [0.25, 0.3) is 11.8 Å². The van der Waals surface area contributed by atoms with Crippen molar-refractivity contribution in [3.63, 3.8) is 0 Å². The van der Waals surface area contributed by atoms with E-state index in [1.807, 2.05) is 18.2 Å². The molecule has 0 unspecified atom stereocenters. The van der Waals surface area contributed by atoms with Gasteiger partial charge in [0.1, 0.15) is 5.03 Å². The average molecular weight is 328 g/mol. The number of carbonyl (C=O) groups excluding carboxylic acids is 3. The Balaban J connectivity index is 0.00000220. The minimum Gasteiger partial charge on any atom is -0.330 e. The number of nitrogens with zero attached hydrogens (tertiary/aromatic N) is 2. The molecule has 1 aromatic rings. The van der Waals surface area contributed by atoms with Crippen LogP contribution in [0, 0.1) is 0 Å². The van der Waals surface area contributed by atoms with Gasteiger partial charge in [-0.1, -0.05) is 24.3 Å². The Morgan fingerprint density at radius 3 is 2.62 bits per heavy atom. The summed E-state index contributed by atoms with van der Waals surface area (Å²) < 4.78 is 0. The van der Waals surface area contributed by atoms with Crippen molar-refractivity contribution in [2.75, 3.05) is 5.75 Å². The van der Waals surface area contributed by atoms with E-state index in [-0.39, 0.29) is 26.7 Å². The first-order chi connectivity index (χ1) is 9.66. The van der Waals surface area contributed by atoms with Crippen molar-refractivity contribution in [3.05, 3.63) is 24.4 Å². The molecule has 1 saturated heterocycles. The van der Waals surface area contributed by atoms with E-state index in [1.165, 1.54) is 21.6 Å². The van der Waals surface area contributed by atoms with Gasteiger partial charge in [0.05, 0.1) is 6.42 Å². The molecule has 2 rings (SSSR count). The molecule has 6 nitrogen and oxygen atoms in total. The molecule has 0 saturated carbocycles. The predicted octanol–water partition coefficient (Wildman–Crippen LogP) is 2.46. The molecular formula is C13H16N2O4S2. The first-order valence-electron chi connectivity index (χ1n) is 5.94. The second kappa shape index (κ2) is 8.68. The Hall–Kier alpha value is -1.54. The molecule has 0 aliphatic carbocycles. The van der Waals surface area contributed by atoms with Gasteiger partial charge in [-0.3, -0.25) is 9.59 Å². The minimum atomic E-state index is -0.581. The molecule has 114 valence electrons. The fourth-order valence-corrected chi connectivity index (χ4v) is 3.28. The summed E-state index contributed by atoms with van der Waals surface area (Å²) in [5.74, 6) is -0.989. The highest BCUT2D eigenvalue weighted by molar-refractivity contribution is 8.76. The topological polar surface area (TPSA) is 76.6 Å². The smallest absolute Gasteiger partial charge is 0.330 e. The van der Waals surface area contributed by atoms with E-state index >= 15 is 0 Å². The van der Waals surface area contributed by atoms with Crippen LogP contribution in [-0.4, -0.2) is 33.6 Å². The number of hydrogen-bond donors (Lipinski definition) is 0. The molecule has 0 radical (unpaired) electrons. The van der Waals surface area contributed by atoms with Gasteiger partial charge in [0.2, 0.25) is 0 Å². The molecule has 0 spiro atoms. The fraction of sp³-hybridized carbons (Fsp3) is 0.385. The van der Waals surface area contributed by atoms with E-state index < -0.39 is 17.8 Å². The number of carbonyl (C=O) groups is 3. The SMILES string of the molecule is C.O=C(CCSSc1ccccn1)ON1C(=O)CCC1=O. The number of pyridine rings is 1. The van der Waals surface area contributed by atoms with Crippen LogP contribution in [0.1, 0.15) is 26.7 Å². The Bertz CT molecular complexity index is 494. The Kier molecular flexibility index (Phi) is 7.24. The summed E-state index contributed by atoms with van der Waals surface area (Å²) in [5, 5.41) is 1.43. The summed E-state index contributed by atoms with van der Waals surface area (Å²) in [4.78, 5) is 42.9. The Labute approximate surface area is 131 Å². The molecule has 0 bridgehead atoms. The number of hydroxylamine groups is 2. The number of hydrogen-bond acceptors (Lipinski definition) is 7. The van der Waals surface area contributed by atoms with Crippen molar-refractivity contribution in [1.82, 2.24) is 10.0 Å². The lowest BCUT2D eigenvalue weighted by atomic mass is 10.4. The van der Waals surface area contributed by atoms with Gasteiger partial charge in [-0.25, -0.2) is 9.78 Å². The standard InChI is InChI=1S/C12H12N2O4S2.CH4/c15-10-4-5-11(16)14(10)18-12(17)6-8-19-20-9-3-1-2-7-13-9;/h1-3,7H,4-6,8H2;1H4. The first-order valence-corrected chi connectivity index (χ1v) is 8.26. The van der Waals surface area contributed by atoms with Crippen LogP contribution < -0.4 is 0 Å². The first kappa shape index (κ1) is 17.5. The van der Waals surface area contributed by atoms with Crippen molar-refractivity contribution in [1.29, 1.82) is 0 Å². The fourth-order valence-electron chi connectivity index (χ4n) is 1.43. The van der Waals surface area contributed by atoms with Gasteiger partial charge >= 0.3 is 5.97 Å². The van der Waals surface area contributed by atoms with E-state index in [0.29, 0.717) is 10.8 Å². The van der Waals surface area contributed by atoms with Crippen molar-refractivity contribution < 1.29 is 19.2 Å². The lowest BCUT2D eigenvalue weighted by Crippen LogP contribution is -2.32. The van der Waals surface area contributed by atoms with Crippen LogP contribution in [0.5, 0.6) is 0 Å². The zero-order chi connectivity index (χ0) is 14.4. The molecule has 0 aromatic carbocycles. The Morgan fingerprint density at radius 1 is 1.29 bits per heavy atom. The van der Waals surface area contributed by atoms with E-state index in [9.17, 15) is 14.4 Å². The maximum atomic E-state index is 11.5. The second-order valence-electron chi connectivity index (χ2n) is 3.87. The summed E-state index contributed by atoms with van der Waals surface area (Å²) in [6.07, 6.45) is 2.04. The lowest BCUT2D eigenvalue weighted by molar-refractivity contribution is -0.197. The third-order valence-corrected chi connectivity index (χ3v) is 4.64. The van der Waals surface area contributed by atoms with Crippen molar-refractivity contribution in [2.24, 2.45) is 0 Å². The van der Waals surface area contributed by atoms with Crippen LogP contribution in [0.25, 0.3) is 0 Å². The average Bonchev–Trinajstić information content (AvgIpc) is 2.77. The van der Waals surface area contributed by atoms with Crippen molar-refractivity contribution >= 4 is 39.4 Å². The third-order valence-electron chi connectivity index (χ3n) is 2.37. The summed E-state index contributed by atoms with van der Waals surface area (Å²) in [5.41, 5.74) is 0. The van der Waals surface area contributed by atoms with E-state index in [4.69, 9.17) is 4.84 Å². The van der Waals surface area contributed by atoms with Gasteiger partial charge < -0.3 is 4.84 Å². The molecule has 8 heteroatoms. The third kappa shape index (κ3) is 5.39. The van der Waals surface area contributed by atoms with Gasteiger partial charge in [-0.05, 0) is 22.9 Å². The number of aromatic nitrogens is 1. The number of imide groups is 1. The van der Waals surface area contributed by atoms with E-state index in [0.717, 1.165) is 5.03 Å². The van der Waals surface area contributed by atoms with Gasteiger partial charge in [0.15, 0.2) is 0 Å². The minimum absolute atomic E-state index is 0. The zero-order valence-electron chi connectivity index (χ0n) is 10.5. The van der Waals surface area contributed by atoms with Gasteiger partial charge in [-0.15, -0.1) is 5.06 Å². The van der Waals surface area contributed by atoms with Crippen molar-refractivity contribution in [2.45, 2.75) is 31.7 Å². The summed E-state index contributed by atoms with van der Waals surface area (Å²) >= 11 is 0. The van der Waals surface area contributed by atoms with Gasteiger partial charge in [0, 0.05) is 24.8 Å². The van der Waals surface area contributed by atoms with Crippen molar-refractivity contribution in [3.8, 4) is 0 Å². The monoisotopic (exact) mass is 328 g/mol. The summed E-state index contributed by atoms with van der Waals surface area (Å²) in [7, 11) is 2.92. The van der Waals surface area contributed by atoms with Gasteiger partial charge in [-0.2, -0.15) is 0 Å². The molecule has 21 heavy (non-hydrogen) atoms. The molecule has 2 amide bonds. The highest BCUT2D eigenvalue weighted by atomic mass is 33.1. The lowest BCUT2D eigenvalue weighted by Gasteiger charge is -2.12. The highest BCUT2D eigenvalue weighted by Crippen LogP contribution is 2.29. The Morgan fingerprint density at radius 2 is 2.00 bits per heavy atom. The number of amides is 2. The predicted molar refractivity (Wildman–Crippen MR) is 81.1 cm³/mol. The maximum Gasteiger partial charge on any atom is 0.334 e. The van der Waals surface area contributed by atoms with Crippen LogP contribution in [0.4, 0.5) is 0 Å². The molecule has 1 fully saturated rings. The molecule has 1 aliphatic heterocycles. The van der Waals surface area contributed by atoms with Crippen LogP contribution in [0.15, 0.2) is 29.4 Å². The number of rotatable bonds is 6. The second-order valence-corrected chi connectivity index (χ2v) is 6.30. The van der Waals surface area contributed by atoms with Crippen LogP contribution in [-0.2, 0) is 19.2 Å². The molecule has 2 heterocycles. The zero-order valence-corrected chi connectivity index (χ0v) is 12.1. The van der Waals surface area contributed by atoms with E-state index in [1.54, 1.807) is 6.20 Å².